The highest BCUT2D eigenvalue weighted by Gasteiger charge is 2.17. The number of halogens is 1. The zero-order valence-electron chi connectivity index (χ0n) is 16.1. The second-order valence-electron chi connectivity index (χ2n) is 6.07. The number of hydrogen-bond acceptors (Lipinski definition) is 6. The van der Waals surface area contributed by atoms with E-state index in [1.54, 1.807) is 12.1 Å². The summed E-state index contributed by atoms with van der Waals surface area (Å²) in [6.07, 6.45) is 1.46. The molecule has 1 amide bonds. The van der Waals surface area contributed by atoms with Crippen LogP contribution in [0.2, 0.25) is 5.02 Å². The van der Waals surface area contributed by atoms with Crippen LogP contribution in [0.3, 0.4) is 0 Å². The average molecular weight is 451 g/mol. The van der Waals surface area contributed by atoms with E-state index in [2.05, 4.69) is 10.0 Å². The lowest BCUT2D eigenvalue weighted by Gasteiger charge is -2.13. The largest absolute Gasteiger partial charge is 0.495 e. The van der Waals surface area contributed by atoms with Gasteiger partial charge in [0, 0.05) is 17.7 Å². The van der Waals surface area contributed by atoms with Crippen molar-refractivity contribution in [2.24, 2.45) is 0 Å². The van der Waals surface area contributed by atoms with Crippen LogP contribution in [0.1, 0.15) is 16.1 Å². The molecule has 0 radical (unpaired) electrons. The summed E-state index contributed by atoms with van der Waals surface area (Å²) in [5.41, 5.74) is 0.622. The van der Waals surface area contributed by atoms with E-state index in [-0.39, 0.29) is 17.0 Å². The molecule has 3 aromatic rings. The van der Waals surface area contributed by atoms with Crippen LogP contribution in [-0.4, -0.2) is 28.5 Å². The smallest absolute Gasteiger partial charge is 0.255 e. The van der Waals surface area contributed by atoms with Crippen molar-refractivity contribution >= 4 is 33.2 Å². The van der Waals surface area contributed by atoms with Crippen molar-refractivity contribution in [3.05, 3.63) is 71.1 Å². The molecule has 0 bridgehead atoms. The summed E-state index contributed by atoms with van der Waals surface area (Å²) in [4.78, 5) is 12.6. The Balaban J connectivity index is 1.74. The Morgan fingerprint density at radius 2 is 1.77 bits per heavy atom. The fourth-order valence-electron chi connectivity index (χ4n) is 2.60. The van der Waals surface area contributed by atoms with Crippen LogP contribution in [0.5, 0.6) is 11.5 Å². The Hall–Kier alpha value is -3.01. The van der Waals surface area contributed by atoms with Crippen LogP contribution in [0.25, 0.3) is 0 Å². The summed E-state index contributed by atoms with van der Waals surface area (Å²) >= 11 is 6.07. The second-order valence-corrected chi connectivity index (χ2v) is 8.24. The Labute approximate surface area is 178 Å². The number of amides is 1. The van der Waals surface area contributed by atoms with Crippen molar-refractivity contribution in [2.45, 2.75) is 11.4 Å². The molecule has 2 N–H and O–H groups in total. The number of sulfonamides is 1. The molecule has 0 atom stereocenters. The summed E-state index contributed by atoms with van der Waals surface area (Å²) in [7, 11) is -0.851. The van der Waals surface area contributed by atoms with Gasteiger partial charge in [-0.3, -0.25) is 4.79 Å². The number of ether oxygens (including phenoxy) is 2. The molecule has 0 saturated heterocycles. The number of hydrogen-bond donors (Lipinski definition) is 2. The van der Waals surface area contributed by atoms with Gasteiger partial charge >= 0.3 is 0 Å². The first kappa shape index (κ1) is 21.7. The second kappa shape index (κ2) is 9.21. The highest BCUT2D eigenvalue weighted by Crippen LogP contribution is 2.36. The Bertz CT molecular complexity index is 1130. The van der Waals surface area contributed by atoms with Gasteiger partial charge in [-0.15, -0.1) is 0 Å². The molecular formula is C20H19ClN2O6S. The maximum absolute atomic E-state index is 12.6. The van der Waals surface area contributed by atoms with Gasteiger partial charge in [0.1, 0.15) is 17.3 Å². The average Bonchev–Trinajstić information content (AvgIpc) is 3.27. The predicted octanol–water partition coefficient (Wildman–Crippen LogP) is 3.68. The highest BCUT2D eigenvalue weighted by molar-refractivity contribution is 7.89. The third-order valence-electron chi connectivity index (χ3n) is 4.17. The van der Waals surface area contributed by atoms with Gasteiger partial charge in [0.25, 0.3) is 5.91 Å². The molecule has 0 aliphatic heterocycles. The first-order chi connectivity index (χ1) is 14.3. The van der Waals surface area contributed by atoms with E-state index in [9.17, 15) is 13.2 Å². The van der Waals surface area contributed by atoms with Gasteiger partial charge in [0.2, 0.25) is 10.0 Å². The van der Waals surface area contributed by atoms with Crippen LogP contribution in [0, 0.1) is 0 Å². The Kier molecular flexibility index (Phi) is 6.66. The summed E-state index contributed by atoms with van der Waals surface area (Å²) in [6, 6.07) is 11.9. The van der Waals surface area contributed by atoms with Crippen molar-refractivity contribution in [2.75, 3.05) is 19.5 Å². The van der Waals surface area contributed by atoms with Gasteiger partial charge < -0.3 is 19.2 Å². The summed E-state index contributed by atoms with van der Waals surface area (Å²) in [6.45, 7) is 0.0236. The molecule has 1 heterocycles. The van der Waals surface area contributed by atoms with Crippen molar-refractivity contribution in [1.29, 1.82) is 0 Å². The number of methoxy groups -OCH3 is 2. The van der Waals surface area contributed by atoms with Gasteiger partial charge in [0.05, 0.1) is 42.6 Å². The molecule has 0 saturated carbocycles. The van der Waals surface area contributed by atoms with Gasteiger partial charge in [-0.1, -0.05) is 11.6 Å². The maximum Gasteiger partial charge on any atom is 0.255 e. The minimum atomic E-state index is -3.76. The van der Waals surface area contributed by atoms with Crippen molar-refractivity contribution < 1.29 is 27.1 Å². The Morgan fingerprint density at radius 3 is 2.37 bits per heavy atom. The molecule has 0 unspecified atom stereocenters. The van der Waals surface area contributed by atoms with Crippen LogP contribution in [-0.2, 0) is 16.6 Å². The molecule has 8 nitrogen and oxygen atoms in total. The molecule has 0 aliphatic rings. The van der Waals surface area contributed by atoms with Crippen molar-refractivity contribution in [1.82, 2.24) is 4.72 Å². The Morgan fingerprint density at radius 1 is 1.07 bits per heavy atom. The molecule has 2 aromatic carbocycles. The van der Waals surface area contributed by atoms with Crippen LogP contribution >= 0.6 is 11.6 Å². The topological polar surface area (TPSA) is 107 Å². The van der Waals surface area contributed by atoms with E-state index in [1.165, 1.54) is 56.9 Å². The number of nitrogens with one attached hydrogen (secondary N) is 2. The van der Waals surface area contributed by atoms with Crippen molar-refractivity contribution in [3.8, 4) is 11.5 Å². The molecule has 0 spiro atoms. The molecule has 1 aromatic heterocycles. The van der Waals surface area contributed by atoms with Gasteiger partial charge in [-0.2, -0.15) is 0 Å². The first-order valence-corrected chi connectivity index (χ1v) is 10.5. The zero-order valence-corrected chi connectivity index (χ0v) is 17.7. The van der Waals surface area contributed by atoms with E-state index in [0.717, 1.165) is 0 Å². The first-order valence-electron chi connectivity index (χ1n) is 8.69. The number of anilines is 1. The van der Waals surface area contributed by atoms with Gasteiger partial charge in [-0.05, 0) is 36.4 Å². The van der Waals surface area contributed by atoms with E-state index in [4.69, 9.17) is 25.5 Å². The zero-order chi connectivity index (χ0) is 21.7. The number of carbonyl (C=O) groups is 1. The third-order valence-corrected chi connectivity index (χ3v) is 5.88. The van der Waals surface area contributed by atoms with Crippen LogP contribution in [0.4, 0.5) is 5.69 Å². The summed E-state index contributed by atoms with van der Waals surface area (Å²) in [5.74, 6) is 0.763. The van der Waals surface area contributed by atoms with Gasteiger partial charge in [0.15, 0.2) is 0 Å². The molecule has 30 heavy (non-hydrogen) atoms. The van der Waals surface area contributed by atoms with E-state index < -0.39 is 15.9 Å². The van der Waals surface area contributed by atoms with Gasteiger partial charge in [-0.25, -0.2) is 13.1 Å². The monoisotopic (exact) mass is 450 g/mol. The number of benzene rings is 2. The fraction of sp³-hybridized carbons (Fsp3) is 0.150. The van der Waals surface area contributed by atoms with E-state index >= 15 is 0 Å². The minimum Gasteiger partial charge on any atom is -0.495 e. The maximum atomic E-state index is 12.6. The molecule has 0 aliphatic carbocycles. The summed E-state index contributed by atoms with van der Waals surface area (Å²) in [5, 5.41) is 3.04. The quantitative estimate of drug-likeness (QED) is 0.542. The fourth-order valence-corrected chi connectivity index (χ4v) is 3.82. The number of rotatable bonds is 8. The highest BCUT2D eigenvalue weighted by atomic mass is 35.5. The normalized spacial score (nSPS) is 11.2. The van der Waals surface area contributed by atoms with E-state index in [0.29, 0.717) is 28.0 Å². The predicted molar refractivity (Wildman–Crippen MR) is 112 cm³/mol. The molecular weight excluding hydrogens is 432 g/mol. The number of furan rings is 1. The molecule has 0 fully saturated rings. The minimum absolute atomic E-state index is 0.0236. The molecule has 158 valence electrons. The standard InChI is InChI=1S/C20H19ClN2O6S/c1-27-18-11-17(19(28-2)10-16(18)21)23-20(24)13-5-7-15(8-6-13)30(25,26)22-12-14-4-3-9-29-14/h3-11,22H,12H2,1-2H3,(H,23,24). The van der Waals surface area contributed by atoms with Crippen LogP contribution < -0.4 is 19.5 Å². The lowest BCUT2D eigenvalue weighted by Crippen LogP contribution is -2.23. The molecule has 10 heteroatoms. The third kappa shape index (κ3) is 4.93. The molecule has 3 rings (SSSR count). The lowest BCUT2D eigenvalue weighted by atomic mass is 10.2. The van der Waals surface area contributed by atoms with Crippen LogP contribution in [0.15, 0.2) is 64.1 Å². The van der Waals surface area contributed by atoms with Crippen molar-refractivity contribution in [3.63, 3.8) is 0 Å². The lowest BCUT2D eigenvalue weighted by molar-refractivity contribution is 0.102. The van der Waals surface area contributed by atoms with E-state index in [1.807, 2.05) is 0 Å². The number of carbonyl (C=O) groups excluding carboxylic acids is 1. The SMILES string of the molecule is COc1cc(NC(=O)c2ccc(S(=O)(=O)NCc3ccco3)cc2)c(OC)cc1Cl. The summed E-state index contributed by atoms with van der Waals surface area (Å²) < 4.78 is 42.7.